The number of hydrogen-bond donors (Lipinski definition) is 3. The lowest BCUT2D eigenvalue weighted by atomic mass is 10.1. The predicted molar refractivity (Wildman–Crippen MR) is 90.2 cm³/mol. The molecule has 0 atom stereocenters. The molecule has 0 fully saturated rings. The third-order valence-electron chi connectivity index (χ3n) is 2.97. The lowest BCUT2D eigenvalue weighted by molar-refractivity contribution is -0.121. The number of pyridine rings is 1. The summed E-state index contributed by atoms with van der Waals surface area (Å²) in [7, 11) is 0. The molecule has 6 heteroatoms. The summed E-state index contributed by atoms with van der Waals surface area (Å²) in [4.78, 5) is 16.0. The van der Waals surface area contributed by atoms with Gasteiger partial charge in [-0.05, 0) is 48.0 Å². The summed E-state index contributed by atoms with van der Waals surface area (Å²) >= 11 is 3.39. The highest BCUT2D eigenvalue weighted by Gasteiger charge is 2.07. The predicted octanol–water partition coefficient (Wildman–Crippen LogP) is 2.91. The van der Waals surface area contributed by atoms with Crippen LogP contribution >= 0.6 is 15.9 Å². The van der Waals surface area contributed by atoms with Crippen LogP contribution in [0.5, 0.6) is 0 Å². The number of nitrogens with zero attached hydrogens (tertiary/aromatic N) is 1. The maximum atomic E-state index is 11.6. The summed E-state index contributed by atoms with van der Waals surface area (Å²) in [5.41, 5.74) is 8.34. The van der Waals surface area contributed by atoms with E-state index in [0.717, 1.165) is 21.1 Å². The van der Waals surface area contributed by atoms with Crippen molar-refractivity contribution in [1.82, 2.24) is 10.3 Å². The first-order valence-electron chi connectivity index (χ1n) is 6.84. The molecule has 1 amide bonds. The quantitative estimate of drug-likeness (QED) is 0.724. The van der Waals surface area contributed by atoms with Crippen molar-refractivity contribution in [3.05, 3.63) is 28.9 Å². The molecule has 1 aromatic carbocycles. The van der Waals surface area contributed by atoms with Gasteiger partial charge in [0, 0.05) is 40.8 Å². The number of carbonyl (C=O) groups is 1. The third kappa shape index (κ3) is 4.07. The fraction of sp³-hybridized carbons (Fsp3) is 0.333. The van der Waals surface area contributed by atoms with Crippen LogP contribution in [0.3, 0.4) is 0 Å². The second-order valence-electron chi connectivity index (χ2n) is 5.15. The van der Waals surface area contributed by atoms with Gasteiger partial charge in [-0.2, -0.15) is 0 Å². The Labute approximate surface area is 132 Å². The number of amides is 1. The summed E-state index contributed by atoms with van der Waals surface area (Å²) in [5, 5.41) is 7.00. The van der Waals surface area contributed by atoms with Crippen LogP contribution in [-0.4, -0.2) is 23.5 Å². The molecule has 1 heterocycles. The minimum Gasteiger partial charge on any atom is -0.398 e. The molecule has 4 N–H and O–H groups in total. The van der Waals surface area contributed by atoms with E-state index in [-0.39, 0.29) is 11.9 Å². The summed E-state index contributed by atoms with van der Waals surface area (Å²) in [6.07, 6.45) is 2.15. The van der Waals surface area contributed by atoms with Crippen LogP contribution in [0.2, 0.25) is 0 Å². The van der Waals surface area contributed by atoms with Crippen molar-refractivity contribution in [3.8, 4) is 0 Å². The lowest BCUT2D eigenvalue weighted by Crippen LogP contribution is -2.31. The van der Waals surface area contributed by atoms with Crippen LogP contribution in [0.15, 0.2) is 28.9 Å². The normalized spacial score (nSPS) is 10.9. The van der Waals surface area contributed by atoms with Crippen molar-refractivity contribution in [2.75, 3.05) is 17.6 Å². The van der Waals surface area contributed by atoms with E-state index in [9.17, 15) is 4.79 Å². The van der Waals surface area contributed by atoms with Gasteiger partial charge in [0.05, 0.1) is 11.2 Å². The van der Waals surface area contributed by atoms with E-state index < -0.39 is 0 Å². The number of hydrogen-bond acceptors (Lipinski definition) is 4. The Bertz CT molecular complexity index is 657. The maximum absolute atomic E-state index is 11.6. The molecule has 21 heavy (non-hydrogen) atoms. The van der Waals surface area contributed by atoms with Crippen LogP contribution in [-0.2, 0) is 4.79 Å². The van der Waals surface area contributed by atoms with Crippen LogP contribution in [0, 0.1) is 0 Å². The van der Waals surface area contributed by atoms with E-state index in [2.05, 4.69) is 31.5 Å². The second kappa shape index (κ2) is 6.76. The molecule has 0 aliphatic heterocycles. The van der Waals surface area contributed by atoms with E-state index in [0.29, 0.717) is 18.7 Å². The highest BCUT2D eigenvalue weighted by Crippen LogP contribution is 2.28. The van der Waals surface area contributed by atoms with Gasteiger partial charge in [-0.3, -0.25) is 9.78 Å². The Kier molecular flexibility index (Phi) is 5.01. The van der Waals surface area contributed by atoms with E-state index >= 15 is 0 Å². The van der Waals surface area contributed by atoms with Crippen molar-refractivity contribution < 1.29 is 4.79 Å². The highest BCUT2D eigenvalue weighted by molar-refractivity contribution is 9.10. The Morgan fingerprint density at radius 1 is 1.43 bits per heavy atom. The van der Waals surface area contributed by atoms with Gasteiger partial charge in [-0.15, -0.1) is 0 Å². The fourth-order valence-corrected chi connectivity index (χ4v) is 2.39. The van der Waals surface area contributed by atoms with Gasteiger partial charge < -0.3 is 16.4 Å². The van der Waals surface area contributed by atoms with E-state index in [1.165, 1.54) is 0 Å². The minimum absolute atomic E-state index is 0.0351. The number of rotatable bonds is 5. The van der Waals surface area contributed by atoms with Gasteiger partial charge in [0.15, 0.2) is 0 Å². The number of halogens is 1. The van der Waals surface area contributed by atoms with Crippen LogP contribution in [0.4, 0.5) is 11.4 Å². The van der Waals surface area contributed by atoms with Crippen LogP contribution < -0.4 is 16.4 Å². The number of benzene rings is 1. The number of nitrogens with two attached hydrogens (primary N) is 1. The Balaban J connectivity index is 2.09. The molecule has 0 unspecified atom stereocenters. The molecule has 1 aromatic heterocycles. The molecule has 0 saturated carbocycles. The Hall–Kier alpha value is -1.82. The number of nitrogens with one attached hydrogen (secondary N) is 2. The first-order chi connectivity index (χ1) is 9.97. The Morgan fingerprint density at radius 3 is 2.90 bits per heavy atom. The van der Waals surface area contributed by atoms with Gasteiger partial charge >= 0.3 is 0 Å². The largest absolute Gasteiger partial charge is 0.398 e. The molecular formula is C15H19BrN4O. The molecular weight excluding hydrogens is 332 g/mol. The number of anilines is 2. The lowest BCUT2D eigenvalue weighted by Gasteiger charge is -2.12. The van der Waals surface area contributed by atoms with Crippen molar-refractivity contribution in [2.24, 2.45) is 0 Å². The number of nitrogen functional groups attached to an aromatic ring is 1. The zero-order valence-electron chi connectivity index (χ0n) is 12.1. The number of fused-ring (bicyclic) bond motifs is 1. The second-order valence-corrected chi connectivity index (χ2v) is 6.07. The molecule has 0 aliphatic rings. The fourth-order valence-electron chi connectivity index (χ4n) is 2.06. The van der Waals surface area contributed by atoms with Gasteiger partial charge in [0.25, 0.3) is 0 Å². The monoisotopic (exact) mass is 350 g/mol. The van der Waals surface area contributed by atoms with Gasteiger partial charge in [-0.25, -0.2) is 0 Å². The summed E-state index contributed by atoms with van der Waals surface area (Å²) in [6.45, 7) is 4.44. The van der Waals surface area contributed by atoms with Gasteiger partial charge in [0.2, 0.25) is 5.91 Å². The van der Waals surface area contributed by atoms with Crippen LogP contribution in [0.1, 0.15) is 20.3 Å². The smallest absolute Gasteiger partial charge is 0.221 e. The molecule has 2 aromatic rings. The standard InChI is InChI=1S/C15H19BrN4O/c1-9(2)20-14(21)5-6-18-13-4-3-12(17)11-7-10(16)8-19-15(11)13/h3-4,7-9,18H,5-6,17H2,1-2H3,(H,20,21). The minimum atomic E-state index is 0.0351. The molecule has 0 bridgehead atoms. The zero-order valence-corrected chi connectivity index (χ0v) is 13.7. The summed E-state index contributed by atoms with van der Waals surface area (Å²) in [6, 6.07) is 5.83. The van der Waals surface area contributed by atoms with E-state index in [1.54, 1.807) is 6.20 Å². The zero-order chi connectivity index (χ0) is 15.4. The third-order valence-corrected chi connectivity index (χ3v) is 3.40. The molecule has 112 valence electrons. The number of aromatic nitrogens is 1. The maximum Gasteiger partial charge on any atom is 0.221 e. The molecule has 0 saturated heterocycles. The molecule has 5 nitrogen and oxygen atoms in total. The Morgan fingerprint density at radius 2 is 2.19 bits per heavy atom. The molecule has 0 spiro atoms. The van der Waals surface area contributed by atoms with Crippen molar-refractivity contribution in [1.29, 1.82) is 0 Å². The average Bonchev–Trinajstić information content (AvgIpc) is 2.41. The molecule has 0 aliphatic carbocycles. The van der Waals surface area contributed by atoms with Crippen LogP contribution in [0.25, 0.3) is 10.9 Å². The molecule has 2 rings (SSSR count). The SMILES string of the molecule is CC(C)NC(=O)CCNc1ccc(N)c2cc(Br)cnc12. The van der Waals surface area contributed by atoms with Crippen molar-refractivity contribution >= 4 is 44.1 Å². The topological polar surface area (TPSA) is 80.0 Å². The highest BCUT2D eigenvalue weighted by atomic mass is 79.9. The van der Waals surface area contributed by atoms with E-state index in [1.807, 2.05) is 32.0 Å². The first-order valence-corrected chi connectivity index (χ1v) is 7.63. The summed E-state index contributed by atoms with van der Waals surface area (Å²) < 4.78 is 0.884. The van der Waals surface area contributed by atoms with Gasteiger partial charge in [0.1, 0.15) is 0 Å². The number of carbonyl (C=O) groups excluding carboxylic acids is 1. The van der Waals surface area contributed by atoms with E-state index in [4.69, 9.17) is 5.73 Å². The first kappa shape index (κ1) is 15.6. The van der Waals surface area contributed by atoms with Crippen molar-refractivity contribution in [2.45, 2.75) is 26.3 Å². The van der Waals surface area contributed by atoms with Gasteiger partial charge in [-0.1, -0.05) is 0 Å². The summed E-state index contributed by atoms with van der Waals surface area (Å²) in [5.74, 6) is 0.0351. The van der Waals surface area contributed by atoms with Crippen molar-refractivity contribution in [3.63, 3.8) is 0 Å². The average molecular weight is 351 g/mol. The molecule has 0 radical (unpaired) electrons.